The second kappa shape index (κ2) is 55.6. The van der Waals surface area contributed by atoms with Gasteiger partial charge in [0.2, 0.25) is 5.91 Å². The molecular formula is C61H107NO3. The normalized spacial score (nSPS) is 13.6. The summed E-state index contributed by atoms with van der Waals surface area (Å²) in [4.78, 5) is 12.5. The molecule has 2 atom stereocenters. The summed E-state index contributed by atoms with van der Waals surface area (Å²) in [6.45, 7) is 4.19. The minimum Gasteiger partial charge on any atom is -0.394 e. The van der Waals surface area contributed by atoms with Crippen LogP contribution >= 0.6 is 0 Å². The summed E-state index contributed by atoms with van der Waals surface area (Å²) in [5.41, 5.74) is 0. The molecule has 0 radical (unpaired) electrons. The van der Waals surface area contributed by atoms with E-state index in [-0.39, 0.29) is 12.5 Å². The van der Waals surface area contributed by atoms with Crippen LogP contribution in [0.25, 0.3) is 0 Å². The fourth-order valence-electron chi connectivity index (χ4n) is 8.08. The number of hydrogen-bond donors (Lipinski definition) is 3. The van der Waals surface area contributed by atoms with E-state index in [1.807, 2.05) is 6.08 Å². The Kier molecular flexibility index (Phi) is 53.3. The van der Waals surface area contributed by atoms with Gasteiger partial charge in [0, 0.05) is 6.42 Å². The monoisotopic (exact) mass is 902 g/mol. The van der Waals surface area contributed by atoms with Crippen LogP contribution in [0.2, 0.25) is 0 Å². The Balaban J connectivity index is 3.59. The number of allylic oxidation sites excluding steroid dienone is 15. The summed E-state index contributed by atoms with van der Waals surface area (Å²) in [7, 11) is 0. The van der Waals surface area contributed by atoms with Crippen molar-refractivity contribution in [2.45, 2.75) is 276 Å². The van der Waals surface area contributed by atoms with Gasteiger partial charge in [0.15, 0.2) is 0 Å². The standard InChI is InChI=1S/C61H107NO3/c1-3-5-7-9-11-13-15-17-19-21-23-25-27-29-30-31-32-33-35-37-39-41-43-45-47-49-51-53-55-57-61(65)62-59(58-63)60(64)56-54-52-50-48-46-44-42-40-38-36-34-28-26-24-22-20-18-16-14-12-10-8-6-4-2/h5,7,11,13,17,19,23,25,29-30,32-33,46,48,54,56,59-60,63-64H,3-4,6,8-10,12,14-16,18,20-22,24,26-28,31,34-45,47,49-53,55,57-58H2,1-2H3,(H,62,65)/b7-5-,13-11-,19-17-,25-23-,30-29-,33-32-,48-46+,56-54+. The van der Waals surface area contributed by atoms with E-state index in [2.05, 4.69) is 104 Å². The quantitative estimate of drug-likeness (QED) is 0.0421. The second-order valence-electron chi connectivity index (χ2n) is 18.6. The number of nitrogens with one attached hydrogen (secondary N) is 1. The van der Waals surface area contributed by atoms with Crippen LogP contribution in [0.15, 0.2) is 97.2 Å². The molecular weight excluding hydrogens is 795 g/mol. The van der Waals surface area contributed by atoms with E-state index in [9.17, 15) is 15.0 Å². The van der Waals surface area contributed by atoms with E-state index in [0.717, 1.165) is 70.6 Å². The molecule has 0 rings (SSSR count). The summed E-state index contributed by atoms with van der Waals surface area (Å²) in [6, 6.07) is -0.649. The Bertz CT molecular complexity index is 1210. The van der Waals surface area contributed by atoms with E-state index in [4.69, 9.17) is 0 Å². The molecule has 374 valence electrons. The average molecular weight is 903 g/mol. The predicted molar refractivity (Wildman–Crippen MR) is 290 cm³/mol. The number of carbonyl (C=O) groups is 1. The Hall–Kier alpha value is -2.69. The molecule has 0 bridgehead atoms. The third-order valence-corrected chi connectivity index (χ3v) is 12.3. The molecule has 0 aliphatic heterocycles. The molecule has 0 aliphatic carbocycles. The summed E-state index contributed by atoms with van der Waals surface area (Å²) < 4.78 is 0. The molecule has 0 spiro atoms. The van der Waals surface area contributed by atoms with E-state index in [1.165, 1.54) is 173 Å². The van der Waals surface area contributed by atoms with Crippen molar-refractivity contribution in [2.75, 3.05) is 6.61 Å². The zero-order valence-electron chi connectivity index (χ0n) is 43.0. The molecule has 2 unspecified atom stereocenters. The van der Waals surface area contributed by atoms with E-state index in [1.54, 1.807) is 6.08 Å². The molecule has 0 aromatic carbocycles. The van der Waals surface area contributed by atoms with E-state index < -0.39 is 12.1 Å². The van der Waals surface area contributed by atoms with Gasteiger partial charge in [0.05, 0.1) is 18.8 Å². The van der Waals surface area contributed by atoms with Crippen LogP contribution in [0.4, 0.5) is 0 Å². The second-order valence-corrected chi connectivity index (χ2v) is 18.6. The van der Waals surface area contributed by atoms with Gasteiger partial charge in [-0.05, 0) is 83.5 Å². The maximum Gasteiger partial charge on any atom is 0.220 e. The first kappa shape index (κ1) is 62.3. The Morgan fingerprint density at radius 2 is 0.692 bits per heavy atom. The number of aliphatic hydroxyl groups is 2. The maximum absolute atomic E-state index is 12.5. The van der Waals surface area contributed by atoms with Crippen LogP contribution in [0.3, 0.4) is 0 Å². The van der Waals surface area contributed by atoms with Gasteiger partial charge in [-0.15, -0.1) is 0 Å². The van der Waals surface area contributed by atoms with Crippen molar-refractivity contribution in [1.82, 2.24) is 5.32 Å². The third kappa shape index (κ3) is 52.1. The van der Waals surface area contributed by atoms with Gasteiger partial charge in [0.25, 0.3) is 0 Å². The van der Waals surface area contributed by atoms with Crippen LogP contribution in [-0.2, 0) is 4.79 Å². The summed E-state index contributed by atoms with van der Waals surface area (Å²) in [6.07, 6.45) is 82.7. The molecule has 0 aliphatic rings. The number of amides is 1. The number of rotatable bonds is 50. The number of carbonyl (C=O) groups excluding carboxylic acids is 1. The van der Waals surface area contributed by atoms with Crippen molar-refractivity contribution in [2.24, 2.45) is 0 Å². The molecule has 4 nitrogen and oxygen atoms in total. The molecule has 1 amide bonds. The van der Waals surface area contributed by atoms with Crippen LogP contribution in [0, 0.1) is 0 Å². The Morgan fingerprint density at radius 3 is 1.08 bits per heavy atom. The minimum atomic E-state index is -0.871. The van der Waals surface area contributed by atoms with Crippen molar-refractivity contribution in [3.63, 3.8) is 0 Å². The van der Waals surface area contributed by atoms with Crippen LogP contribution < -0.4 is 5.32 Å². The SMILES string of the molecule is CC/C=C\C/C=C\C/C=C\C/C=C\C/C=C\C/C=C\CCCCCCCCCCCCC(=O)NC(CO)C(O)/C=C/CC/C=C/CCCCCCCCCCCCCCCCCCCC. The molecule has 3 N–H and O–H groups in total. The van der Waals surface area contributed by atoms with Crippen LogP contribution in [0.1, 0.15) is 264 Å². The van der Waals surface area contributed by atoms with Gasteiger partial charge < -0.3 is 15.5 Å². The van der Waals surface area contributed by atoms with Gasteiger partial charge in [-0.1, -0.05) is 272 Å². The highest BCUT2D eigenvalue weighted by atomic mass is 16.3. The topological polar surface area (TPSA) is 69.6 Å². The molecule has 0 saturated heterocycles. The highest BCUT2D eigenvalue weighted by Gasteiger charge is 2.17. The van der Waals surface area contributed by atoms with Gasteiger partial charge in [0.1, 0.15) is 0 Å². The summed E-state index contributed by atoms with van der Waals surface area (Å²) in [5.74, 6) is -0.0805. The van der Waals surface area contributed by atoms with Crippen molar-refractivity contribution >= 4 is 5.91 Å². The fourth-order valence-corrected chi connectivity index (χ4v) is 8.08. The van der Waals surface area contributed by atoms with Crippen molar-refractivity contribution in [3.8, 4) is 0 Å². The van der Waals surface area contributed by atoms with Crippen molar-refractivity contribution < 1.29 is 15.0 Å². The van der Waals surface area contributed by atoms with Gasteiger partial charge in [-0.3, -0.25) is 4.79 Å². The summed E-state index contributed by atoms with van der Waals surface area (Å²) in [5, 5.41) is 23.1. The lowest BCUT2D eigenvalue weighted by molar-refractivity contribution is -0.123. The first-order chi connectivity index (χ1) is 32.2. The first-order valence-corrected chi connectivity index (χ1v) is 28.0. The molecule has 0 aromatic rings. The van der Waals surface area contributed by atoms with E-state index >= 15 is 0 Å². The molecule has 65 heavy (non-hydrogen) atoms. The highest BCUT2D eigenvalue weighted by molar-refractivity contribution is 5.76. The smallest absolute Gasteiger partial charge is 0.220 e. The summed E-state index contributed by atoms with van der Waals surface area (Å²) >= 11 is 0. The fraction of sp³-hybridized carbons (Fsp3) is 0.721. The van der Waals surface area contributed by atoms with Crippen LogP contribution in [-0.4, -0.2) is 34.9 Å². The Morgan fingerprint density at radius 1 is 0.385 bits per heavy atom. The maximum atomic E-state index is 12.5. The zero-order chi connectivity index (χ0) is 47.0. The Labute approximate surface area is 404 Å². The largest absolute Gasteiger partial charge is 0.394 e. The van der Waals surface area contributed by atoms with Crippen molar-refractivity contribution in [3.05, 3.63) is 97.2 Å². The lowest BCUT2D eigenvalue weighted by atomic mass is 10.0. The minimum absolute atomic E-state index is 0.0805. The van der Waals surface area contributed by atoms with E-state index in [0.29, 0.717) is 6.42 Å². The number of aliphatic hydroxyl groups excluding tert-OH is 2. The number of unbranched alkanes of at least 4 members (excludes halogenated alkanes) is 29. The molecule has 0 fully saturated rings. The lowest BCUT2D eigenvalue weighted by Crippen LogP contribution is -2.45. The average Bonchev–Trinajstić information content (AvgIpc) is 3.31. The zero-order valence-corrected chi connectivity index (χ0v) is 43.0. The molecule has 0 aromatic heterocycles. The third-order valence-electron chi connectivity index (χ3n) is 12.3. The van der Waals surface area contributed by atoms with Gasteiger partial charge in [-0.2, -0.15) is 0 Å². The molecule has 0 heterocycles. The highest BCUT2D eigenvalue weighted by Crippen LogP contribution is 2.16. The van der Waals surface area contributed by atoms with Gasteiger partial charge in [-0.25, -0.2) is 0 Å². The molecule has 4 heteroatoms. The van der Waals surface area contributed by atoms with Gasteiger partial charge >= 0.3 is 0 Å². The number of hydrogen-bond acceptors (Lipinski definition) is 3. The predicted octanol–water partition coefficient (Wildman–Crippen LogP) is 18.5. The molecule has 0 saturated carbocycles. The lowest BCUT2D eigenvalue weighted by Gasteiger charge is -2.19. The van der Waals surface area contributed by atoms with Crippen LogP contribution in [0.5, 0.6) is 0 Å². The first-order valence-electron chi connectivity index (χ1n) is 28.0. The van der Waals surface area contributed by atoms with Crippen molar-refractivity contribution in [1.29, 1.82) is 0 Å².